The van der Waals surface area contributed by atoms with Crippen molar-refractivity contribution in [3.8, 4) is 0 Å². The van der Waals surface area contributed by atoms with E-state index in [1.165, 1.54) is 18.3 Å². The summed E-state index contributed by atoms with van der Waals surface area (Å²) in [5.41, 5.74) is 0.182. The number of nitrogens with one attached hydrogen (secondary N) is 1. The highest BCUT2D eigenvalue weighted by molar-refractivity contribution is 5.94. The molecule has 2 N–H and O–H groups in total. The van der Waals surface area contributed by atoms with Gasteiger partial charge in [-0.1, -0.05) is 0 Å². The standard InChI is InChI=1S/C15H21N3O4/c1-3-18(4-2)13(19)6-5-9-16-14(20)11-7-8-12(15(21)22)17-10-11/h7-8,10H,3-6,9H2,1-2H3,(H,16,20)(H,21,22). The number of rotatable bonds is 8. The van der Waals surface area contributed by atoms with Gasteiger partial charge in [0.25, 0.3) is 5.91 Å². The Morgan fingerprint density at radius 3 is 2.41 bits per heavy atom. The van der Waals surface area contributed by atoms with Gasteiger partial charge in [-0.05, 0) is 32.4 Å². The van der Waals surface area contributed by atoms with E-state index in [0.717, 1.165) is 0 Å². The van der Waals surface area contributed by atoms with Crippen LogP contribution in [0.25, 0.3) is 0 Å². The fourth-order valence-electron chi connectivity index (χ4n) is 1.93. The fourth-order valence-corrected chi connectivity index (χ4v) is 1.93. The van der Waals surface area contributed by atoms with Gasteiger partial charge < -0.3 is 15.3 Å². The average Bonchev–Trinajstić information content (AvgIpc) is 2.52. The zero-order valence-electron chi connectivity index (χ0n) is 12.8. The maximum atomic E-state index is 11.8. The van der Waals surface area contributed by atoms with Crippen molar-refractivity contribution < 1.29 is 19.5 Å². The van der Waals surface area contributed by atoms with E-state index < -0.39 is 5.97 Å². The van der Waals surface area contributed by atoms with Gasteiger partial charge in [0.15, 0.2) is 0 Å². The lowest BCUT2D eigenvalue weighted by Crippen LogP contribution is -2.31. The molecule has 120 valence electrons. The normalized spacial score (nSPS) is 10.1. The molecule has 0 radical (unpaired) electrons. The summed E-state index contributed by atoms with van der Waals surface area (Å²) < 4.78 is 0. The van der Waals surface area contributed by atoms with Crippen LogP contribution in [0.2, 0.25) is 0 Å². The Hall–Kier alpha value is -2.44. The van der Waals surface area contributed by atoms with Gasteiger partial charge in [-0.3, -0.25) is 9.59 Å². The predicted octanol–water partition coefficient (Wildman–Crippen LogP) is 1.16. The minimum atomic E-state index is -1.14. The summed E-state index contributed by atoms with van der Waals surface area (Å²) in [6.45, 7) is 5.60. The first-order valence-corrected chi connectivity index (χ1v) is 7.24. The Morgan fingerprint density at radius 1 is 1.23 bits per heavy atom. The molecule has 0 aliphatic carbocycles. The Morgan fingerprint density at radius 2 is 1.91 bits per heavy atom. The van der Waals surface area contributed by atoms with Gasteiger partial charge in [-0.15, -0.1) is 0 Å². The van der Waals surface area contributed by atoms with Crippen molar-refractivity contribution >= 4 is 17.8 Å². The summed E-state index contributed by atoms with van der Waals surface area (Å²) in [7, 11) is 0. The topological polar surface area (TPSA) is 99.6 Å². The number of amides is 2. The van der Waals surface area contributed by atoms with Crippen molar-refractivity contribution in [1.29, 1.82) is 0 Å². The van der Waals surface area contributed by atoms with E-state index in [0.29, 0.717) is 38.0 Å². The smallest absolute Gasteiger partial charge is 0.354 e. The number of pyridine rings is 1. The molecule has 0 saturated carbocycles. The highest BCUT2D eigenvalue weighted by atomic mass is 16.4. The van der Waals surface area contributed by atoms with Crippen LogP contribution >= 0.6 is 0 Å². The van der Waals surface area contributed by atoms with E-state index in [9.17, 15) is 14.4 Å². The van der Waals surface area contributed by atoms with Gasteiger partial charge >= 0.3 is 5.97 Å². The van der Waals surface area contributed by atoms with Crippen LogP contribution in [0.5, 0.6) is 0 Å². The molecule has 0 atom stereocenters. The lowest BCUT2D eigenvalue weighted by atomic mass is 10.2. The summed E-state index contributed by atoms with van der Waals surface area (Å²) in [5.74, 6) is -1.40. The first-order chi connectivity index (χ1) is 10.5. The summed E-state index contributed by atoms with van der Waals surface area (Å²) in [6.07, 6.45) is 2.17. The predicted molar refractivity (Wildman–Crippen MR) is 80.7 cm³/mol. The minimum absolute atomic E-state index is 0.0757. The Labute approximate surface area is 129 Å². The van der Waals surface area contributed by atoms with Crippen LogP contribution in [-0.4, -0.2) is 52.4 Å². The van der Waals surface area contributed by atoms with Crippen LogP contribution in [0.15, 0.2) is 18.3 Å². The average molecular weight is 307 g/mol. The largest absolute Gasteiger partial charge is 0.477 e. The first-order valence-electron chi connectivity index (χ1n) is 7.24. The third kappa shape index (κ3) is 5.16. The van der Waals surface area contributed by atoms with Gasteiger partial charge in [-0.2, -0.15) is 0 Å². The van der Waals surface area contributed by atoms with Crippen LogP contribution in [-0.2, 0) is 4.79 Å². The highest BCUT2D eigenvalue weighted by Gasteiger charge is 2.11. The van der Waals surface area contributed by atoms with Gasteiger partial charge in [0.05, 0.1) is 5.56 Å². The molecule has 1 rings (SSSR count). The lowest BCUT2D eigenvalue weighted by molar-refractivity contribution is -0.130. The number of carbonyl (C=O) groups is 3. The molecular weight excluding hydrogens is 286 g/mol. The molecule has 1 aromatic heterocycles. The Balaban J connectivity index is 2.37. The molecule has 0 bridgehead atoms. The van der Waals surface area contributed by atoms with Crippen molar-refractivity contribution in [3.05, 3.63) is 29.6 Å². The number of carbonyl (C=O) groups excluding carboxylic acids is 2. The van der Waals surface area contributed by atoms with Gasteiger partial charge in [0.1, 0.15) is 5.69 Å². The fraction of sp³-hybridized carbons (Fsp3) is 0.467. The van der Waals surface area contributed by atoms with E-state index >= 15 is 0 Å². The second kappa shape index (κ2) is 8.76. The van der Waals surface area contributed by atoms with E-state index in [1.807, 2.05) is 13.8 Å². The van der Waals surface area contributed by atoms with Crippen LogP contribution in [0.3, 0.4) is 0 Å². The number of carboxylic acids is 1. The summed E-state index contributed by atoms with van der Waals surface area (Å²) in [5, 5.41) is 11.4. The molecular formula is C15H21N3O4. The molecule has 0 unspecified atom stereocenters. The number of aromatic nitrogens is 1. The zero-order valence-corrected chi connectivity index (χ0v) is 12.8. The third-order valence-corrected chi connectivity index (χ3v) is 3.21. The summed E-state index contributed by atoms with van der Waals surface area (Å²) in [6, 6.07) is 2.69. The molecule has 0 saturated heterocycles. The third-order valence-electron chi connectivity index (χ3n) is 3.21. The quantitative estimate of drug-likeness (QED) is 0.702. The van der Waals surface area contributed by atoms with Crippen molar-refractivity contribution in [2.24, 2.45) is 0 Å². The SMILES string of the molecule is CCN(CC)C(=O)CCCNC(=O)c1ccc(C(=O)O)nc1. The number of aromatic carboxylic acids is 1. The Kier molecular flexibility index (Phi) is 7.01. The molecule has 7 nitrogen and oxygen atoms in total. The van der Waals surface area contributed by atoms with Gasteiger partial charge in [0, 0.05) is 32.3 Å². The molecule has 7 heteroatoms. The summed E-state index contributed by atoms with van der Waals surface area (Å²) >= 11 is 0. The molecule has 0 aliphatic rings. The van der Waals surface area contributed by atoms with Crippen molar-refractivity contribution in [3.63, 3.8) is 0 Å². The molecule has 0 spiro atoms. The number of nitrogens with zero attached hydrogens (tertiary/aromatic N) is 2. The molecule has 0 aromatic carbocycles. The van der Waals surface area contributed by atoms with Crippen molar-refractivity contribution in [2.75, 3.05) is 19.6 Å². The van der Waals surface area contributed by atoms with Crippen LogP contribution in [0, 0.1) is 0 Å². The number of hydrogen-bond donors (Lipinski definition) is 2. The maximum Gasteiger partial charge on any atom is 0.354 e. The molecule has 1 aromatic rings. The first kappa shape index (κ1) is 17.6. The van der Waals surface area contributed by atoms with E-state index in [-0.39, 0.29) is 17.5 Å². The van der Waals surface area contributed by atoms with E-state index in [4.69, 9.17) is 5.11 Å². The minimum Gasteiger partial charge on any atom is -0.477 e. The van der Waals surface area contributed by atoms with E-state index in [2.05, 4.69) is 10.3 Å². The summed E-state index contributed by atoms with van der Waals surface area (Å²) in [4.78, 5) is 39.7. The zero-order chi connectivity index (χ0) is 16.5. The Bertz CT molecular complexity index is 524. The number of hydrogen-bond acceptors (Lipinski definition) is 4. The molecule has 1 heterocycles. The second-order valence-corrected chi connectivity index (χ2v) is 4.66. The molecule has 0 aliphatic heterocycles. The second-order valence-electron chi connectivity index (χ2n) is 4.66. The lowest BCUT2D eigenvalue weighted by Gasteiger charge is -2.18. The molecule has 0 fully saturated rings. The van der Waals surface area contributed by atoms with E-state index in [1.54, 1.807) is 4.90 Å². The highest BCUT2D eigenvalue weighted by Crippen LogP contribution is 2.01. The van der Waals surface area contributed by atoms with Crippen LogP contribution in [0.1, 0.15) is 47.5 Å². The van der Waals surface area contributed by atoms with Crippen molar-refractivity contribution in [1.82, 2.24) is 15.2 Å². The molecule has 2 amide bonds. The molecule has 22 heavy (non-hydrogen) atoms. The van der Waals surface area contributed by atoms with Crippen LogP contribution < -0.4 is 5.32 Å². The van der Waals surface area contributed by atoms with Crippen LogP contribution in [0.4, 0.5) is 0 Å². The monoisotopic (exact) mass is 307 g/mol. The maximum absolute atomic E-state index is 11.8. The van der Waals surface area contributed by atoms with Crippen molar-refractivity contribution in [2.45, 2.75) is 26.7 Å². The number of carboxylic acid groups (broad SMARTS) is 1. The van der Waals surface area contributed by atoms with Gasteiger partial charge in [0.2, 0.25) is 5.91 Å². The van der Waals surface area contributed by atoms with Gasteiger partial charge in [-0.25, -0.2) is 9.78 Å².